The van der Waals surface area contributed by atoms with Gasteiger partial charge >= 0.3 is 8.80 Å². The average molecular weight is 261 g/mol. The van der Waals surface area contributed by atoms with E-state index in [9.17, 15) is 0 Å². The summed E-state index contributed by atoms with van der Waals surface area (Å²) >= 11 is 0. The van der Waals surface area contributed by atoms with Crippen LogP contribution in [0.4, 0.5) is 0 Å². The second-order valence-electron chi connectivity index (χ2n) is 4.76. The van der Waals surface area contributed by atoms with Crippen LogP contribution < -0.4 is 5.32 Å². The third-order valence-electron chi connectivity index (χ3n) is 3.73. The van der Waals surface area contributed by atoms with Crippen LogP contribution in [-0.2, 0) is 13.3 Å². The van der Waals surface area contributed by atoms with E-state index in [1.54, 1.807) is 21.3 Å². The van der Waals surface area contributed by atoms with E-state index in [4.69, 9.17) is 13.3 Å². The molecule has 0 aromatic rings. The summed E-state index contributed by atoms with van der Waals surface area (Å²) in [5.74, 6) is 0.917. The van der Waals surface area contributed by atoms with Gasteiger partial charge in [-0.3, -0.25) is 0 Å². The van der Waals surface area contributed by atoms with E-state index in [0.717, 1.165) is 12.5 Å². The molecule has 0 atom stereocenters. The summed E-state index contributed by atoms with van der Waals surface area (Å²) in [7, 11) is 2.55. The topological polar surface area (TPSA) is 39.7 Å². The largest absolute Gasteiger partial charge is 0.514 e. The lowest BCUT2D eigenvalue weighted by molar-refractivity contribution is 0.121. The maximum Gasteiger partial charge on any atom is 0.514 e. The first-order valence-electron chi connectivity index (χ1n) is 6.62. The quantitative estimate of drug-likeness (QED) is 0.535. The van der Waals surface area contributed by atoms with E-state index < -0.39 is 8.80 Å². The van der Waals surface area contributed by atoms with Crippen LogP contribution in [0.25, 0.3) is 0 Å². The van der Waals surface area contributed by atoms with Crippen molar-refractivity contribution in [3.63, 3.8) is 0 Å². The van der Waals surface area contributed by atoms with Gasteiger partial charge in [0.05, 0.1) is 6.17 Å². The van der Waals surface area contributed by atoms with Crippen molar-refractivity contribution < 1.29 is 13.3 Å². The molecule has 0 amide bonds. The lowest BCUT2D eigenvalue weighted by atomic mass is 9.87. The van der Waals surface area contributed by atoms with Crippen molar-refractivity contribution >= 4 is 8.80 Å². The molecule has 0 bridgehead atoms. The van der Waals surface area contributed by atoms with Gasteiger partial charge in [-0.05, 0) is 18.9 Å². The Morgan fingerprint density at radius 3 is 2.12 bits per heavy atom. The molecule has 0 aromatic carbocycles. The van der Waals surface area contributed by atoms with Gasteiger partial charge < -0.3 is 18.6 Å². The van der Waals surface area contributed by atoms with Gasteiger partial charge in [-0.25, -0.2) is 0 Å². The maximum absolute atomic E-state index is 5.36. The Hall–Kier alpha value is 0.0569. The lowest BCUT2D eigenvalue weighted by Gasteiger charge is -2.25. The van der Waals surface area contributed by atoms with Gasteiger partial charge in [0.15, 0.2) is 0 Å². The van der Waals surface area contributed by atoms with E-state index in [1.807, 2.05) is 0 Å². The van der Waals surface area contributed by atoms with E-state index in [2.05, 4.69) is 5.32 Å². The van der Waals surface area contributed by atoms with Gasteiger partial charge in [-0.2, -0.15) is 0 Å². The molecule has 1 saturated carbocycles. The minimum Gasteiger partial charge on any atom is -0.376 e. The molecule has 1 fully saturated rings. The van der Waals surface area contributed by atoms with Crippen LogP contribution in [-0.4, -0.2) is 42.8 Å². The number of hydrogen-bond acceptors (Lipinski definition) is 4. The summed E-state index contributed by atoms with van der Waals surface area (Å²) in [5.41, 5.74) is 0. The predicted octanol–water partition coefficient (Wildman–Crippen LogP) is 1.96. The summed E-state index contributed by atoms with van der Waals surface area (Å²) in [6.07, 6.45) is 9.03. The molecule has 17 heavy (non-hydrogen) atoms. The van der Waals surface area contributed by atoms with Gasteiger partial charge in [-0.1, -0.05) is 32.1 Å². The molecule has 0 saturated heterocycles. The van der Waals surface area contributed by atoms with Crippen molar-refractivity contribution in [1.29, 1.82) is 0 Å². The third-order valence-corrected chi connectivity index (χ3v) is 6.28. The Morgan fingerprint density at radius 1 is 1.00 bits per heavy atom. The molecule has 1 aliphatic carbocycles. The van der Waals surface area contributed by atoms with Crippen molar-refractivity contribution in [2.75, 3.05) is 34.0 Å². The lowest BCUT2D eigenvalue weighted by Crippen LogP contribution is -2.52. The summed E-state index contributed by atoms with van der Waals surface area (Å²) in [4.78, 5) is 0. The molecule has 4 nitrogen and oxygen atoms in total. The average Bonchev–Trinajstić information content (AvgIpc) is 2.41. The fourth-order valence-corrected chi connectivity index (χ4v) is 3.91. The molecule has 0 spiro atoms. The molecule has 0 aromatic heterocycles. The van der Waals surface area contributed by atoms with Crippen LogP contribution in [0, 0.1) is 5.92 Å². The summed E-state index contributed by atoms with van der Waals surface area (Å²) in [6, 6.07) is 0. The molecule has 1 N–H and O–H groups in total. The first-order chi connectivity index (χ1) is 8.26. The molecule has 5 heteroatoms. The standard InChI is InChI=1S/C12H27NO3Si/c1-14-17(15-2,16-3)11-13-10-9-12-7-5-4-6-8-12/h12-13H,4-11H2,1-3H3. The molecule has 0 heterocycles. The Labute approximate surface area is 106 Å². The first-order valence-corrected chi connectivity index (χ1v) is 8.55. The monoisotopic (exact) mass is 261 g/mol. The summed E-state index contributed by atoms with van der Waals surface area (Å²) in [5, 5.41) is 3.41. The second kappa shape index (κ2) is 8.21. The number of hydrogen-bond donors (Lipinski definition) is 1. The molecule has 1 aliphatic rings. The second-order valence-corrected chi connectivity index (χ2v) is 7.71. The molecular weight excluding hydrogens is 234 g/mol. The summed E-state index contributed by atoms with van der Waals surface area (Å²) in [6.45, 7) is 1.04. The molecule has 1 rings (SSSR count). The number of rotatable bonds is 8. The van der Waals surface area contributed by atoms with E-state index in [1.165, 1.54) is 38.5 Å². The Kier molecular flexibility index (Phi) is 7.30. The zero-order chi connectivity index (χ0) is 12.6. The van der Waals surface area contributed by atoms with Crippen molar-refractivity contribution in [3.8, 4) is 0 Å². The Bertz CT molecular complexity index is 186. The molecule has 102 valence electrons. The van der Waals surface area contributed by atoms with E-state index in [0.29, 0.717) is 6.17 Å². The zero-order valence-electron chi connectivity index (χ0n) is 11.5. The van der Waals surface area contributed by atoms with Gasteiger partial charge in [0.2, 0.25) is 0 Å². The van der Waals surface area contributed by atoms with Crippen LogP contribution >= 0.6 is 0 Å². The minimum atomic E-state index is -2.42. The van der Waals surface area contributed by atoms with Crippen molar-refractivity contribution in [1.82, 2.24) is 5.32 Å². The number of nitrogens with one attached hydrogen (secondary N) is 1. The molecule has 0 aliphatic heterocycles. The van der Waals surface area contributed by atoms with Crippen LogP contribution in [0.5, 0.6) is 0 Å². The minimum absolute atomic E-state index is 0.698. The Balaban J connectivity index is 2.13. The fraction of sp³-hybridized carbons (Fsp3) is 1.00. The van der Waals surface area contributed by atoms with Crippen LogP contribution in [0.15, 0.2) is 0 Å². The zero-order valence-corrected chi connectivity index (χ0v) is 12.5. The highest BCUT2D eigenvalue weighted by Crippen LogP contribution is 2.25. The van der Waals surface area contributed by atoms with Crippen LogP contribution in [0.1, 0.15) is 38.5 Å². The van der Waals surface area contributed by atoms with Gasteiger partial charge in [0, 0.05) is 21.3 Å². The Morgan fingerprint density at radius 2 is 1.59 bits per heavy atom. The summed E-state index contributed by atoms with van der Waals surface area (Å²) < 4.78 is 16.1. The normalized spacial score (nSPS) is 18.5. The fourth-order valence-electron chi connectivity index (χ4n) is 2.49. The van der Waals surface area contributed by atoms with E-state index >= 15 is 0 Å². The molecular formula is C12H27NO3Si. The van der Waals surface area contributed by atoms with Crippen LogP contribution in [0.2, 0.25) is 0 Å². The smallest absolute Gasteiger partial charge is 0.376 e. The van der Waals surface area contributed by atoms with Gasteiger partial charge in [0.25, 0.3) is 0 Å². The maximum atomic E-state index is 5.36. The highest BCUT2D eigenvalue weighted by Gasteiger charge is 2.37. The molecule has 0 radical (unpaired) electrons. The van der Waals surface area contributed by atoms with Crippen molar-refractivity contribution in [2.45, 2.75) is 38.5 Å². The van der Waals surface area contributed by atoms with Crippen LogP contribution in [0.3, 0.4) is 0 Å². The highest BCUT2D eigenvalue weighted by atomic mass is 28.4. The van der Waals surface area contributed by atoms with Crippen molar-refractivity contribution in [3.05, 3.63) is 0 Å². The van der Waals surface area contributed by atoms with Gasteiger partial charge in [-0.15, -0.1) is 0 Å². The highest BCUT2D eigenvalue weighted by molar-refractivity contribution is 6.60. The van der Waals surface area contributed by atoms with E-state index in [-0.39, 0.29) is 0 Å². The SMILES string of the molecule is CO[Si](CNCCC1CCCCC1)(OC)OC. The van der Waals surface area contributed by atoms with Gasteiger partial charge in [0.1, 0.15) is 0 Å². The predicted molar refractivity (Wildman–Crippen MR) is 70.8 cm³/mol. The third kappa shape index (κ3) is 5.05. The first kappa shape index (κ1) is 15.1. The molecule has 0 unspecified atom stereocenters. The van der Waals surface area contributed by atoms with Crippen molar-refractivity contribution in [2.24, 2.45) is 5.92 Å².